The molecule has 0 unspecified atom stereocenters. The van der Waals surface area contributed by atoms with Gasteiger partial charge in [-0.1, -0.05) is 6.07 Å². The highest BCUT2D eigenvalue weighted by Crippen LogP contribution is 2.19. The summed E-state index contributed by atoms with van der Waals surface area (Å²) in [7, 11) is 0. The number of hydrogen-bond donors (Lipinski definition) is 1. The van der Waals surface area contributed by atoms with Crippen LogP contribution < -0.4 is 5.73 Å². The molecule has 0 aliphatic carbocycles. The molecule has 0 amide bonds. The lowest BCUT2D eigenvalue weighted by molar-refractivity contribution is 0.147. The maximum Gasteiger partial charge on any atom is 0.281 e. The van der Waals surface area contributed by atoms with Crippen molar-refractivity contribution in [2.45, 2.75) is 6.43 Å². The summed E-state index contributed by atoms with van der Waals surface area (Å²) >= 11 is 0. The molecule has 0 aliphatic rings. The zero-order valence-corrected chi connectivity index (χ0v) is 6.61. The summed E-state index contributed by atoms with van der Waals surface area (Å²) in [5, 5.41) is 0. The van der Waals surface area contributed by atoms with Crippen molar-refractivity contribution >= 4 is 11.5 Å². The molecule has 0 spiro atoms. The molecule has 3 nitrogen and oxygen atoms in total. The van der Waals surface area contributed by atoms with Crippen molar-refractivity contribution < 1.29 is 8.78 Å². The van der Waals surface area contributed by atoms with Gasteiger partial charge in [0.25, 0.3) is 6.43 Å². The van der Waals surface area contributed by atoms with Crippen molar-refractivity contribution in [3.8, 4) is 0 Å². The van der Waals surface area contributed by atoms with Crippen LogP contribution in [0.15, 0.2) is 24.4 Å². The lowest BCUT2D eigenvalue weighted by Crippen LogP contribution is -1.93. The fraction of sp³-hybridized carbons (Fsp3) is 0.125. The second kappa shape index (κ2) is 2.69. The summed E-state index contributed by atoms with van der Waals surface area (Å²) in [5.41, 5.74) is 5.74. The van der Waals surface area contributed by atoms with Crippen molar-refractivity contribution in [1.82, 2.24) is 9.38 Å². The molecule has 0 saturated carbocycles. The van der Waals surface area contributed by atoms with Gasteiger partial charge in [0.15, 0.2) is 0 Å². The minimum Gasteiger partial charge on any atom is -0.385 e. The van der Waals surface area contributed by atoms with Crippen molar-refractivity contribution in [2.24, 2.45) is 0 Å². The Morgan fingerprint density at radius 2 is 2.15 bits per heavy atom. The first-order valence-corrected chi connectivity index (χ1v) is 3.70. The maximum absolute atomic E-state index is 12.2. The third-order valence-electron chi connectivity index (χ3n) is 1.77. The molecular weight excluding hydrogens is 176 g/mol. The average Bonchev–Trinajstić information content (AvgIpc) is 2.49. The number of rotatable bonds is 1. The van der Waals surface area contributed by atoms with Gasteiger partial charge in [-0.3, -0.25) is 4.40 Å². The highest BCUT2D eigenvalue weighted by atomic mass is 19.3. The number of nitrogens with zero attached hydrogens (tertiary/aromatic N) is 2. The smallest absolute Gasteiger partial charge is 0.281 e. The van der Waals surface area contributed by atoms with E-state index in [1.165, 1.54) is 10.6 Å². The molecule has 68 valence electrons. The SMILES string of the molecule is Nc1cccc2nc(C(F)F)cn12. The molecular formula is C8H7F2N3. The van der Waals surface area contributed by atoms with E-state index in [2.05, 4.69) is 4.98 Å². The number of halogens is 2. The molecule has 2 aromatic rings. The molecule has 5 heteroatoms. The number of nitrogens with two attached hydrogens (primary N) is 1. The number of aromatic nitrogens is 2. The van der Waals surface area contributed by atoms with Gasteiger partial charge in [0.05, 0.1) is 0 Å². The first-order chi connectivity index (χ1) is 6.18. The largest absolute Gasteiger partial charge is 0.385 e. The van der Waals surface area contributed by atoms with Crippen molar-refractivity contribution in [1.29, 1.82) is 0 Å². The zero-order chi connectivity index (χ0) is 9.42. The zero-order valence-electron chi connectivity index (χ0n) is 6.61. The molecule has 2 aromatic heterocycles. The standard InChI is InChI=1S/C8H7F2N3/c9-8(10)5-4-13-6(11)2-1-3-7(13)12-5/h1-4,8H,11H2. The monoisotopic (exact) mass is 183 g/mol. The molecule has 0 saturated heterocycles. The number of hydrogen-bond acceptors (Lipinski definition) is 2. The van der Waals surface area contributed by atoms with Gasteiger partial charge < -0.3 is 5.73 Å². The Kier molecular flexibility index (Phi) is 1.65. The molecule has 2 N–H and O–H groups in total. The van der Waals surface area contributed by atoms with E-state index in [0.717, 1.165) is 0 Å². The molecule has 0 radical (unpaired) electrons. The lowest BCUT2D eigenvalue weighted by Gasteiger charge is -1.95. The van der Waals surface area contributed by atoms with E-state index in [-0.39, 0.29) is 5.69 Å². The summed E-state index contributed by atoms with van der Waals surface area (Å²) in [4.78, 5) is 3.71. The van der Waals surface area contributed by atoms with Crippen LogP contribution in [0.3, 0.4) is 0 Å². The molecule has 0 aromatic carbocycles. The van der Waals surface area contributed by atoms with Gasteiger partial charge in [-0.25, -0.2) is 13.8 Å². The molecule has 13 heavy (non-hydrogen) atoms. The summed E-state index contributed by atoms with van der Waals surface area (Å²) < 4.78 is 25.9. The molecule has 0 bridgehead atoms. The van der Waals surface area contributed by atoms with Gasteiger partial charge in [-0.15, -0.1) is 0 Å². The first kappa shape index (κ1) is 7.97. The third kappa shape index (κ3) is 1.22. The van der Waals surface area contributed by atoms with Crippen molar-refractivity contribution in [3.63, 3.8) is 0 Å². The van der Waals surface area contributed by atoms with E-state index in [9.17, 15) is 8.78 Å². The van der Waals surface area contributed by atoms with Crippen molar-refractivity contribution in [3.05, 3.63) is 30.1 Å². The van der Waals surface area contributed by atoms with E-state index in [1.54, 1.807) is 18.2 Å². The Bertz CT molecular complexity index is 436. The van der Waals surface area contributed by atoms with E-state index in [1.807, 2.05) is 0 Å². The Balaban J connectivity index is 2.68. The number of nitrogen functional groups attached to an aromatic ring is 1. The van der Waals surface area contributed by atoms with Crippen LogP contribution in [0, 0.1) is 0 Å². The van der Waals surface area contributed by atoms with Crippen LogP contribution in [-0.4, -0.2) is 9.38 Å². The average molecular weight is 183 g/mol. The Morgan fingerprint density at radius 1 is 1.38 bits per heavy atom. The Hall–Kier alpha value is -1.65. The van der Waals surface area contributed by atoms with E-state index >= 15 is 0 Å². The normalized spacial score (nSPS) is 11.3. The second-order valence-corrected chi connectivity index (χ2v) is 2.65. The van der Waals surface area contributed by atoms with E-state index < -0.39 is 6.43 Å². The summed E-state index contributed by atoms with van der Waals surface area (Å²) in [6.07, 6.45) is -1.31. The van der Waals surface area contributed by atoms with Gasteiger partial charge in [0, 0.05) is 6.20 Å². The highest BCUT2D eigenvalue weighted by Gasteiger charge is 2.11. The Labute approximate surface area is 72.8 Å². The van der Waals surface area contributed by atoms with Crippen LogP contribution in [0.25, 0.3) is 5.65 Å². The number of fused-ring (bicyclic) bond motifs is 1. The number of imidazole rings is 1. The van der Waals surface area contributed by atoms with Crippen LogP contribution >= 0.6 is 0 Å². The van der Waals surface area contributed by atoms with Crippen LogP contribution in [0.5, 0.6) is 0 Å². The van der Waals surface area contributed by atoms with Gasteiger partial charge in [-0.05, 0) is 12.1 Å². The predicted octanol–water partition coefficient (Wildman–Crippen LogP) is 1.85. The number of anilines is 1. The quantitative estimate of drug-likeness (QED) is 0.733. The van der Waals surface area contributed by atoms with E-state index in [4.69, 9.17) is 5.73 Å². The summed E-state index contributed by atoms with van der Waals surface area (Å²) in [5.74, 6) is 0.400. The van der Waals surface area contributed by atoms with Gasteiger partial charge in [-0.2, -0.15) is 0 Å². The molecule has 0 aliphatic heterocycles. The Morgan fingerprint density at radius 3 is 2.77 bits per heavy atom. The second-order valence-electron chi connectivity index (χ2n) is 2.65. The summed E-state index contributed by atoms with van der Waals surface area (Å²) in [6.45, 7) is 0. The van der Waals surface area contributed by atoms with Crippen LogP contribution in [0.4, 0.5) is 14.6 Å². The van der Waals surface area contributed by atoms with Gasteiger partial charge in [0.2, 0.25) is 0 Å². The van der Waals surface area contributed by atoms with Crippen LogP contribution in [-0.2, 0) is 0 Å². The van der Waals surface area contributed by atoms with Crippen LogP contribution in [0.2, 0.25) is 0 Å². The predicted molar refractivity (Wildman–Crippen MR) is 44.6 cm³/mol. The number of pyridine rings is 1. The fourth-order valence-corrected chi connectivity index (χ4v) is 1.16. The minimum atomic E-state index is -2.56. The minimum absolute atomic E-state index is 0.252. The van der Waals surface area contributed by atoms with Crippen LogP contribution in [0.1, 0.15) is 12.1 Å². The van der Waals surface area contributed by atoms with E-state index in [0.29, 0.717) is 11.5 Å². The topological polar surface area (TPSA) is 43.3 Å². The fourth-order valence-electron chi connectivity index (χ4n) is 1.16. The first-order valence-electron chi connectivity index (χ1n) is 3.70. The molecule has 2 heterocycles. The third-order valence-corrected chi connectivity index (χ3v) is 1.77. The lowest BCUT2D eigenvalue weighted by atomic mass is 10.4. The van der Waals surface area contributed by atoms with Gasteiger partial charge >= 0.3 is 0 Å². The van der Waals surface area contributed by atoms with Gasteiger partial charge in [0.1, 0.15) is 17.2 Å². The highest BCUT2D eigenvalue weighted by molar-refractivity contribution is 5.48. The molecule has 2 rings (SSSR count). The summed E-state index contributed by atoms with van der Waals surface area (Å²) in [6, 6.07) is 4.93. The molecule has 0 fully saturated rings. The van der Waals surface area contributed by atoms with Crippen molar-refractivity contribution in [2.75, 3.05) is 5.73 Å². The maximum atomic E-state index is 12.2. The molecule has 0 atom stereocenters. The number of alkyl halides is 2.